The fourth-order valence-electron chi connectivity index (χ4n) is 3.80. The van der Waals surface area contributed by atoms with Gasteiger partial charge in [-0.05, 0) is 48.9 Å². The molecule has 2 fully saturated rings. The third kappa shape index (κ3) is 1.86. The molecule has 0 aliphatic heterocycles. The minimum absolute atomic E-state index is 0.437. The Morgan fingerprint density at radius 2 is 2.00 bits per heavy atom. The van der Waals surface area contributed by atoms with E-state index in [0.29, 0.717) is 16.9 Å². The first-order chi connectivity index (χ1) is 7.52. The standard InChI is InChI=1S/C14H25BrO/c1-13(2)11-6-7-14(13,3)12(10-11)16-9-5-4-8-15/h11-12H,4-10H2,1-3H3. The van der Waals surface area contributed by atoms with Crippen molar-refractivity contribution in [1.29, 1.82) is 0 Å². The van der Waals surface area contributed by atoms with Gasteiger partial charge in [0.05, 0.1) is 6.10 Å². The van der Waals surface area contributed by atoms with Gasteiger partial charge in [0, 0.05) is 11.9 Å². The first kappa shape index (κ1) is 12.9. The summed E-state index contributed by atoms with van der Waals surface area (Å²) in [5.74, 6) is 0.902. The molecule has 0 spiro atoms. The van der Waals surface area contributed by atoms with Crippen LogP contribution >= 0.6 is 15.9 Å². The van der Waals surface area contributed by atoms with Crippen molar-refractivity contribution in [3.05, 3.63) is 0 Å². The topological polar surface area (TPSA) is 9.23 Å². The van der Waals surface area contributed by atoms with Gasteiger partial charge in [-0.25, -0.2) is 0 Å². The Kier molecular flexibility index (Phi) is 3.71. The Labute approximate surface area is 108 Å². The summed E-state index contributed by atoms with van der Waals surface area (Å²) in [7, 11) is 0. The highest BCUT2D eigenvalue weighted by Crippen LogP contribution is 2.66. The minimum Gasteiger partial charge on any atom is -0.378 e. The Balaban J connectivity index is 1.89. The van der Waals surface area contributed by atoms with E-state index in [9.17, 15) is 0 Å². The van der Waals surface area contributed by atoms with E-state index >= 15 is 0 Å². The van der Waals surface area contributed by atoms with Crippen molar-refractivity contribution in [2.24, 2.45) is 16.7 Å². The van der Waals surface area contributed by atoms with E-state index < -0.39 is 0 Å². The number of unbranched alkanes of at least 4 members (excludes halogenated alkanes) is 1. The predicted octanol–water partition coefficient (Wildman–Crippen LogP) is 4.39. The Bertz CT molecular complexity index is 251. The van der Waals surface area contributed by atoms with Crippen LogP contribution < -0.4 is 0 Å². The zero-order chi connectivity index (χ0) is 11.8. The van der Waals surface area contributed by atoms with Gasteiger partial charge in [-0.15, -0.1) is 0 Å². The summed E-state index contributed by atoms with van der Waals surface area (Å²) in [5.41, 5.74) is 0.930. The van der Waals surface area contributed by atoms with Gasteiger partial charge in [0.15, 0.2) is 0 Å². The van der Waals surface area contributed by atoms with Crippen LogP contribution in [0.4, 0.5) is 0 Å². The third-order valence-corrected chi connectivity index (χ3v) is 6.12. The molecule has 2 saturated carbocycles. The van der Waals surface area contributed by atoms with Crippen LogP contribution in [0.1, 0.15) is 52.9 Å². The van der Waals surface area contributed by atoms with Crippen LogP contribution in [0.5, 0.6) is 0 Å². The van der Waals surface area contributed by atoms with Crippen molar-refractivity contribution in [2.75, 3.05) is 11.9 Å². The van der Waals surface area contributed by atoms with Gasteiger partial charge in [-0.2, -0.15) is 0 Å². The summed E-state index contributed by atoms with van der Waals surface area (Å²) >= 11 is 3.47. The molecule has 1 nitrogen and oxygen atoms in total. The van der Waals surface area contributed by atoms with Crippen molar-refractivity contribution in [1.82, 2.24) is 0 Å². The van der Waals surface area contributed by atoms with Gasteiger partial charge in [0.2, 0.25) is 0 Å². The van der Waals surface area contributed by atoms with Gasteiger partial charge >= 0.3 is 0 Å². The number of fused-ring (bicyclic) bond motifs is 2. The van der Waals surface area contributed by atoms with Crippen molar-refractivity contribution in [2.45, 2.75) is 59.0 Å². The van der Waals surface area contributed by atoms with E-state index in [0.717, 1.165) is 17.9 Å². The summed E-state index contributed by atoms with van der Waals surface area (Å²) < 4.78 is 6.16. The van der Waals surface area contributed by atoms with Gasteiger partial charge in [0.1, 0.15) is 0 Å². The molecule has 0 aromatic heterocycles. The molecule has 94 valence electrons. The lowest BCUT2D eigenvalue weighted by Gasteiger charge is -2.38. The first-order valence-corrected chi connectivity index (χ1v) is 7.82. The fourth-order valence-corrected chi connectivity index (χ4v) is 4.20. The second kappa shape index (κ2) is 4.61. The molecule has 3 atom stereocenters. The van der Waals surface area contributed by atoms with E-state index in [1.54, 1.807) is 0 Å². The molecule has 0 heterocycles. The maximum absolute atomic E-state index is 6.16. The van der Waals surface area contributed by atoms with E-state index in [4.69, 9.17) is 4.74 Å². The Morgan fingerprint density at radius 3 is 2.50 bits per heavy atom. The van der Waals surface area contributed by atoms with E-state index in [1.807, 2.05) is 0 Å². The SMILES string of the molecule is CC1(C)C2CCC1(C)C(OCCCCBr)C2. The third-order valence-electron chi connectivity index (χ3n) is 5.56. The maximum Gasteiger partial charge on any atom is 0.0636 e. The minimum atomic E-state index is 0.437. The summed E-state index contributed by atoms with van der Waals surface area (Å²) in [6.45, 7) is 8.31. The first-order valence-electron chi connectivity index (χ1n) is 6.70. The van der Waals surface area contributed by atoms with Gasteiger partial charge in [-0.3, -0.25) is 0 Å². The van der Waals surface area contributed by atoms with Crippen LogP contribution in [0.25, 0.3) is 0 Å². The molecule has 2 rings (SSSR count). The zero-order valence-electron chi connectivity index (χ0n) is 10.9. The maximum atomic E-state index is 6.16. The number of hydrogen-bond acceptors (Lipinski definition) is 1. The van der Waals surface area contributed by atoms with Crippen molar-refractivity contribution in [3.63, 3.8) is 0 Å². The summed E-state index contributed by atoms with van der Waals surface area (Å²) in [5, 5.41) is 1.10. The fraction of sp³-hybridized carbons (Fsp3) is 1.00. The smallest absolute Gasteiger partial charge is 0.0636 e. The van der Waals surface area contributed by atoms with Crippen LogP contribution in [-0.2, 0) is 4.74 Å². The van der Waals surface area contributed by atoms with Gasteiger partial charge < -0.3 is 4.74 Å². The lowest BCUT2D eigenvalue weighted by molar-refractivity contribution is -0.0471. The molecule has 0 aromatic carbocycles. The van der Waals surface area contributed by atoms with Gasteiger partial charge in [-0.1, -0.05) is 36.7 Å². The lowest BCUT2D eigenvalue weighted by Crippen LogP contribution is -2.37. The molecule has 16 heavy (non-hydrogen) atoms. The average Bonchev–Trinajstić information content (AvgIpc) is 2.57. The normalized spacial score (nSPS) is 40.5. The number of hydrogen-bond donors (Lipinski definition) is 0. The largest absolute Gasteiger partial charge is 0.378 e. The Morgan fingerprint density at radius 1 is 1.25 bits per heavy atom. The molecule has 2 heteroatoms. The Hall–Kier alpha value is 0.440. The monoisotopic (exact) mass is 288 g/mol. The average molecular weight is 289 g/mol. The van der Waals surface area contributed by atoms with Crippen molar-refractivity contribution >= 4 is 15.9 Å². The molecule has 0 N–H and O–H groups in total. The van der Waals surface area contributed by atoms with Crippen LogP contribution in [0.15, 0.2) is 0 Å². The summed E-state index contributed by atoms with van der Waals surface area (Å²) in [6, 6.07) is 0. The van der Waals surface area contributed by atoms with Crippen LogP contribution in [-0.4, -0.2) is 18.0 Å². The molecule has 0 aromatic rings. The molecule has 2 aliphatic rings. The van der Waals surface area contributed by atoms with Crippen LogP contribution in [0.3, 0.4) is 0 Å². The molecule has 0 amide bonds. The summed E-state index contributed by atoms with van der Waals surface area (Å²) in [6.07, 6.45) is 7.05. The van der Waals surface area contributed by atoms with Gasteiger partial charge in [0.25, 0.3) is 0 Å². The molecule has 2 bridgehead atoms. The van der Waals surface area contributed by atoms with Crippen LogP contribution in [0, 0.1) is 16.7 Å². The summed E-state index contributed by atoms with van der Waals surface area (Å²) in [4.78, 5) is 0. The van der Waals surface area contributed by atoms with Crippen molar-refractivity contribution in [3.8, 4) is 0 Å². The van der Waals surface area contributed by atoms with Crippen LogP contribution in [0.2, 0.25) is 0 Å². The van der Waals surface area contributed by atoms with E-state index in [1.165, 1.54) is 32.1 Å². The number of ether oxygens (including phenoxy) is 1. The number of alkyl halides is 1. The number of rotatable bonds is 5. The zero-order valence-corrected chi connectivity index (χ0v) is 12.5. The second-order valence-electron chi connectivity index (χ2n) is 6.37. The highest BCUT2D eigenvalue weighted by atomic mass is 79.9. The number of halogens is 1. The molecule has 0 saturated heterocycles. The molecule has 3 unspecified atom stereocenters. The molecule has 2 aliphatic carbocycles. The molecular formula is C14H25BrO. The van der Waals surface area contributed by atoms with Crippen molar-refractivity contribution < 1.29 is 4.74 Å². The molecule has 0 radical (unpaired) electrons. The second-order valence-corrected chi connectivity index (χ2v) is 7.16. The highest BCUT2D eigenvalue weighted by molar-refractivity contribution is 9.09. The quantitative estimate of drug-likeness (QED) is 0.538. The lowest BCUT2D eigenvalue weighted by atomic mass is 9.70. The van der Waals surface area contributed by atoms with E-state index in [-0.39, 0.29) is 0 Å². The highest BCUT2D eigenvalue weighted by Gasteiger charge is 2.61. The predicted molar refractivity (Wildman–Crippen MR) is 72.0 cm³/mol. The van der Waals surface area contributed by atoms with E-state index in [2.05, 4.69) is 36.7 Å². The molecular weight excluding hydrogens is 264 g/mol.